The van der Waals surface area contributed by atoms with E-state index < -0.39 is 0 Å². The molecule has 5 saturated carbocycles. The third-order valence-corrected chi connectivity index (χ3v) is 8.48. The van der Waals surface area contributed by atoms with Gasteiger partial charge in [0.2, 0.25) is 0 Å². The van der Waals surface area contributed by atoms with E-state index in [2.05, 4.69) is 27.4 Å². The van der Waals surface area contributed by atoms with E-state index >= 15 is 0 Å². The number of rotatable bonds is 6. The number of carbonyl (C=O) groups is 2. The van der Waals surface area contributed by atoms with Crippen LogP contribution >= 0.6 is 0 Å². The lowest BCUT2D eigenvalue weighted by Gasteiger charge is -2.65. The Balaban J connectivity index is 1.45. The zero-order valence-electron chi connectivity index (χ0n) is 18.0. The fourth-order valence-corrected chi connectivity index (χ4v) is 7.15. The summed E-state index contributed by atoms with van der Waals surface area (Å²) in [7, 11) is 0. The van der Waals surface area contributed by atoms with Crippen molar-refractivity contribution in [3.8, 4) is 0 Å². The molecule has 0 aromatic rings. The summed E-state index contributed by atoms with van der Waals surface area (Å²) in [5, 5.41) is 0. The molecule has 0 aromatic heterocycles. The van der Waals surface area contributed by atoms with Gasteiger partial charge in [0, 0.05) is 17.4 Å². The summed E-state index contributed by atoms with van der Waals surface area (Å²) in [6.07, 6.45) is 8.30. The van der Waals surface area contributed by atoms with Crippen LogP contribution in [0.3, 0.4) is 0 Å². The van der Waals surface area contributed by atoms with E-state index in [1.807, 2.05) is 0 Å². The summed E-state index contributed by atoms with van der Waals surface area (Å²) in [6.45, 7) is 12.2. The largest absolute Gasteiger partial charge is 0.459 e. The molecule has 3 atom stereocenters. The minimum atomic E-state index is -0.359. The van der Waals surface area contributed by atoms with E-state index in [1.165, 1.54) is 32.1 Å². The maximum Gasteiger partial charge on any atom is 0.333 e. The standard InChI is InChI=1S/C24H36O4/c1-6-15(4)24(18-7-16-8-19(24)13-23(5,11-16)12-18)28-22(26)17-9-20(10-17)27-21(25)14(2)3/h15-20H,2,6-13H2,1,3-5H3. The molecule has 0 spiro atoms. The molecule has 0 N–H and O–H groups in total. The van der Waals surface area contributed by atoms with Crippen LogP contribution in [0.4, 0.5) is 0 Å². The Morgan fingerprint density at radius 1 is 1.11 bits per heavy atom. The summed E-state index contributed by atoms with van der Waals surface area (Å²) >= 11 is 0. The lowest BCUT2D eigenvalue weighted by molar-refractivity contribution is -0.246. The highest BCUT2D eigenvalue weighted by molar-refractivity contribution is 5.87. The zero-order valence-corrected chi connectivity index (χ0v) is 18.0. The van der Waals surface area contributed by atoms with Crippen molar-refractivity contribution in [2.75, 3.05) is 0 Å². The van der Waals surface area contributed by atoms with Gasteiger partial charge in [-0.05, 0) is 75.5 Å². The first-order chi connectivity index (χ1) is 13.2. The maximum atomic E-state index is 13.1. The van der Waals surface area contributed by atoms with E-state index in [9.17, 15) is 9.59 Å². The van der Waals surface area contributed by atoms with Crippen molar-refractivity contribution in [1.29, 1.82) is 0 Å². The molecule has 0 heterocycles. The maximum absolute atomic E-state index is 13.1. The van der Waals surface area contributed by atoms with Crippen molar-refractivity contribution in [3.05, 3.63) is 12.2 Å². The normalized spacial score (nSPS) is 44.5. The first-order valence-corrected chi connectivity index (χ1v) is 11.3. The summed E-state index contributed by atoms with van der Waals surface area (Å²) in [6, 6.07) is 0. The van der Waals surface area contributed by atoms with E-state index in [1.54, 1.807) is 6.92 Å². The molecule has 5 aliphatic carbocycles. The first kappa shape index (κ1) is 20.0. The Morgan fingerprint density at radius 2 is 1.71 bits per heavy atom. The monoisotopic (exact) mass is 388 g/mol. The fourth-order valence-electron chi connectivity index (χ4n) is 7.15. The molecule has 0 saturated heterocycles. The Bertz CT molecular complexity index is 658. The smallest absolute Gasteiger partial charge is 0.333 e. The molecule has 0 radical (unpaired) electrons. The lowest BCUT2D eigenvalue weighted by Crippen LogP contribution is -2.65. The van der Waals surface area contributed by atoms with Crippen LogP contribution in [0, 0.1) is 35.0 Å². The number of hydrogen-bond donors (Lipinski definition) is 0. The minimum absolute atomic E-state index is 0.0550. The molecule has 4 nitrogen and oxygen atoms in total. The summed E-state index contributed by atoms with van der Waals surface area (Å²) < 4.78 is 11.9. The minimum Gasteiger partial charge on any atom is -0.459 e. The van der Waals surface area contributed by atoms with Crippen LogP contribution in [-0.4, -0.2) is 23.6 Å². The lowest BCUT2D eigenvalue weighted by atomic mass is 9.43. The number of carbonyl (C=O) groups excluding carboxylic acids is 2. The fraction of sp³-hybridized carbons (Fsp3) is 0.833. The van der Waals surface area contributed by atoms with Gasteiger partial charge in [-0.3, -0.25) is 4.79 Å². The SMILES string of the molecule is C=C(C)C(=O)OC1CC(C(=O)OC2(C(C)CC)C3CC4CC2CC(C)(C4)C3)C1. The quantitative estimate of drug-likeness (QED) is 0.471. The topological polar surface area (TPSA) is 52.6 Å². The number of esters is 2. The number of hydrogen-bond acceptors (Lipinski definition) is 4. The van der Waals surface area contributed by atoms with Gasteiger partial charge in [-0.15, -0.1) is 0 Å². The van der Waals surface area contributed by atoms with E-state index in [4.69, 9.17) is 9.47 Å². The van der Waals surface area contributed by atoms with Crippen LogP contribution in [0.1, 0.15) is 79.1 Å². The summed E-state index contributed by atoms with van der Waals surface area (Å²) in [4.78, 5) is 24.8. The molecule has 5 fully saturated rings. The second-order valence-corrected chi connectivity index (χ2v) is 10.7. The molecular formula is C24H36O4. The van der Waals surface area contributed by atoms with Crippen molar-refractivity contribution < 1.29 is 19.1 Å². The highest BCUT2D eigenvalue weighted by Crippen LogP contribution is 2.66. The van der Waals surface area contributed by atoms with Gasteiger partial charge in [0.05, 0.1) is 5.92 Å². The van der Waals surface area contributed by atoms with Gasteiger partial charge >= 0.3 is 11.9 Å². The summed E-state index contributed by atoms with van der Waals surface area (Å²) in [5.41, 5.74) is 0.587. The Hall–Kier alpha value is -1.32. The molecule has 4 heteroatoms. The third kappa shape index (κ3) is 3.11. The van der Waals surface area contributed by atoms with E-state index in [0.717, 1.165) is 12.3 Å². The average molecular weight is 389 g/mol. The Labute approximate surface area is 169 Å². The molecule has 0 aromatic carbocycles. The molecule has 5 aliphatic rings. The Morgan fingerprint density at radius 3 is 2.21 bits per heavy atom. The molecule has 3 unspecified atom stereocenters. The molecule has 5 rings (SSSR count). The predicted octanol–water partition coefficient (Wildman–Crippen LogP) is 5.06. The van der Waals surface area contributed by atoms with Crippen molar-refractivity contribution >= 4 is 11.9 Å². The molecule has 156 valence electrons. The Kier molecular flexibility index (Phi) is 4.91. The van der Waals surface area contributed by atoms with Crippen LogP contribution in [0.5, 0.6) is 0 Å². The number of ether oxygens (including phenoxy) is 2. The zero-order chi connectivity index (χ0) is 20.3. The average Bonchev–Trinajstić information content (AvgIpc) is 2.58. The second kappa shape index (κ2) is 6.88. The second-order valence-electron chi connectivity index (χ2n) is 10.7. The van der Waals surface area contributed by atoms with Crippen LogP contribution in [0.25, 0.3) is 0 Å². The van der Waals surface area contributed by atoms with Gasteiger partial charge in [-0.25, -0.2) is 4.79 Å². The van der Waals surface area contributed by atoms with Gasteiger partial charge < -0.3 is 9.47 Å². The van der Waals surface area contributed by atoms with E-state index in [0.29, 0.717) is 41.6 Å². The highest BCUT2D eigenvalue weighted by atomic mass is 16.6. The third-order valence-electron chi connectivity index (χ3n) is 8.48. The first-order valence-electron chi connectivity index (χ1n) is 11.3. The van der Waals surface area contributed by atoms with Gasteiger partial charge in [0.15, 0.2) is 0 Å². The molecule has 28 heavy (non-hydrogen) atoms. The molecule has 0 amide bonds. The predicted molar refractivity (Wildman–Crippen MR) is 107 cm³/mol. The molecular weight excluding hydrogens is 352 g/mol. The summed E-state index contributed by atoms with van der Waals surface area (Å²) in [5.74, 6) is 1.71. The molecule has 4 bridgehead atoms. The van der Waals surface area contributed by atoms with Crippen LogP contribution in [0.2, 0.25) is 0 Å². The van der Waals surface area contributed by atoms with Gasteiger partial charge in [-0.1, -0.05) is 27.4 Å². The molecule has 0 aliphatic heterocycles. The van der Waals surface area contributed by atoms with Crippen molar-refractivity contribution in [1.82, 2.24) is 0 Å². The van der Waals surface area contributed by atoms with Gasteiger partial charge in [0.25, 0.3) is 0 Å². The van der Waals surface area contributed by atoms with Crippen molar-refractivity contribution in [2.45, 2.75) is 90.8 Å². The van der Waals surface area contributed by atoms with Crippen molar-refractivity contribution in [2.24, 2.45) is 35.0 Å². The van der Waals surface area contributed by atoms with Crippen LogP contribution < -0.4 is 0 Å². The van der Waals surface area contributed by atoms with Gasteiger partial charge in [-0.2, -0.15) is 0 Å². The van der Waals surface area contributed by atoms with E-state index in [-0.39, 0.29) is 29.6 Å². The van der Waals surface area contributed by atoms with Crippen LogP contribution in [-0.2, 0) is 19.1 Å². The van der Waals surface area contributed by atoms with Crippen molar-refractivity contribution in [3.63, 3.8) is 0 Å². The highest BCUT2D eigenvalue weighted by Gasteiger charge is 2.64. The van der Waals surface area contributed by atoms with Gasteiger partial charge in [0.1, 0.15) is 11.7 Å². The van der Waals surface area contributed by atoms with Crippen LogP contribution in [0.15, 0.2) is 12.2 Å².